The van der Waals surface area contributed by atoms with Gasteiger partial charge in [-0.05, 0) is 44.1 Å². The summed E-state index contributed by atoms with van der Waals surface area (Å²) in [6, 6.07) is 6.38. The Balaban J connectivity index is 1.98. The van der Waals surface area contributed by atoms with Crippen molar-refractivity contribution >= 4 is 0 Å². The first-order valence-electron chi connectivity index (χ1n) is 7.11. The van der Waals surface area contributed by atoms with E-state index in [0.29, 0.717) is 18.2 Å². The quantitative estimate of drug-likeness (QED) is 0.914. The van der Waals surface area contributed by atoms with Crippen LogP contribution in [-0.2, 0) is 12.7 Å². The molecule has 1 heterocycles. The lowest BCUT2D eigenvalue weighted by Crippen LogP contribution is -2.42. The monoisotopic (exact) mass is 286 g/mol. The molecule has 5 heteroatoms. The summed E-state index contributed by atoms with van der Waals surface area (Å²) in [6.45, 7) is 5.11. The second kappa shape index (κ2) is 6.59. The maximum Gasteiger partial charge on any atom is 0.416 e. The average molecular weight is 286 g/mol. The maximum atomic E-state index is 12.9. The summed E-state index contributed by atoms with van der Waals surface area (Å²) in [7, 11) is 0. The fourth-order valence-electron chi connectivity index (χ4n) is 2.76. The minimum Gasteiger partial charge on any atom is -0.314 e. The fourth-order valence-corrected chi connectivity index (χ4v) is 2.76. The third-order valence-electron chi connectivity index (χ3n) is 3.80. The molecule has 112 valence electrons. The van der Waals surface area contributed by atoms with Crippen LogP contribution >= 0.6 is 0 Å². The molecule has 1 aromatic carbocycles. The number of hydrogen-bond donors (Lipinski definition) is 1. The summed E-state index contributed by atoms with van der Waals surface area (Å²) < 4.78 is 38.8. The lowest BCUT2D eigenvalue weighted by atomic mass is 10.0. The Morgan fingerprint density at radius 2 is 1.85 bits per heavy atom. The molecule has 20 heavy (non-hydrogen) atoms. The van der Waals surface area contributed by atoms with Crippen molar-refractivity contribution in [1.29, 1.82) is 0 Å². The van der Waals surface area contributed by atoms with Gasteiger partial charge in [-0.2, -0.15) is 13.2 Å². The summed E-state index contributed by atoms with van der Waals surface area (Å²) in [4.78, 5) is 2.11. The van der Waals surface area contributed by atoms with Gasteiger partial charge in [0.25, 0.3) is 0 Å². The first-order valence-corrected chi connectivity index (χ1v) is 7.11. The van der Waals surface area contributed by atoms with Crippen LogP contribution in [-0.4, -0.2) is 30.6 Å². The molecule has 1 aliphatic rings. The maximum absolute atomic E-state index is 12.9. The van der Waals surface area contributed by atoms with Crippen LogP contribution in [0.2, 0.25) is 0 Å². The van der Waals surface area contributed by atoms with Gasteiger partial charge < -0.3 is 5.32 Å². The highest BCUT2D eigenvalue weighted by Crippen LogP contribution is 2.32. The van der Waals surface area contributed by atoms with Crippen molar-refractivity contribution in [1.82, 2.24) is 10.2 Å². The number of benzene rings is 1. The lowest BCUT2D eigenvalue weighted by molar-refractivity contribution is -0.138. The molecule has 2 nitrogen and oxygen atoms in total. The fraction of sp³-hybridized carbons (Fsp3) is 0.600. The van der Waals surface area contributed by atoms with Crippen LogP contribution < -0.4 is 5.32 Å². The van der Waals surface area contributed by atoms with Gasteiger partial charge in [-0.3, -0.25) is 4.90 Å². The molecule has 0 aliphatic carbocycles. The molecule has 1 saturated heterocycles. The van der Waals surface area contributed by atoms with E-state index in [2.05, 4.69) is 17.1 Å². The van der Waals surface area contributed by atoms with E-state index in [0.717, 1.165) is 32.5 Å². The molecular formula is C15H21F3N2. The van der Waals surface area contributed by atoms with Crippen molar-refractivity contribution in [3.05, 3.63) is 35.4 Å². The van der Waals surface area contributed by atoms with E-state index < -0.39 is 11.7 Å². The summed E-state index contributed by atoms with van der Waals surface area (Å²) >= 11 is 0. The van der Waals surface area contributed by atoms with Gasteiger partial charge in [0.05, 0.1) is 5.56 Å². The Bertz CT molecular complexity index is 423. The predicted octanol–water partition coefficient (Wildman–Crippen LogP) is 3.28. The molecule has 0 bridgehead atoms. The van der Waals surface area contributed by atoms with Crippen LogP contribution in [0.3, 0.4) is 0 Å². The number of nitrogens with one attached hydrogen (secondary N) is 1. The van der Waals surface area contributed by atoms with Crippen molar-refractivity contribution in [2.45, 2.75) is 38.5 Å². The molecule has 1 aliphatic heterocycles. The molecule has 2 rings (SSSR count). The summed E-state index contributed by atoms with van der Waals surface area (Å²) in [5.41, 5.74) is -0.129. The Morgan fingerprint density at radius 3 is 2.45 bits per heavy atom. The first kappa shape index (κ1) is 15.3. The smallest absolute Gasteiger partial charge is 0.314 e. The normalized spacial score (nSPS) is 18.4. The van der Waals surface area contributed by atoms with Gasteiger partial charge in [0.1, 0.15) is 0 Å². The van der Waals surface area contributed by atoms with Crippen molar-refractivity contribution in [3.8, 4) is 0 Å². The Kier molecular flexibility index (Phi) is 5.05. The van der Waals surface area contributed by atoms with Crippen LogP contribution in [0, 0.1) is 0 Å². The van der Waals surface area contributed by atoms with Crippen molar-refractivity contribution in [3.63, 3.8) is 0 Å². The van der Waals surface area contributed by atoms with E-state index in [1.54, 1.807) is 12.1 Å². The van der Waals surface area contributed by atoms with E-state index in [1.165, 1.54) is 12.1 Å². The highest BCUT2D eigenvalue weighted by Gasteiger charge is 2.33. The standard InChI is InChI=1S/C15H21F3N2/c1-2-19-13-7-9-20(10-8-13)11-12-5-3-4-6-14(12)15(16,17)18/h3-6,13,19H,2,7-11H2,1H3. The zero-order valence-electron chi connectivity index (χ0n) is 11.7. The summed E-state index contributed by atoms with van der Waals surface area (Å²) in [5.74, 6) is 0. The second-order valence-corrected chi connectivity index (χ2v) is 5.26. The number of likely N-dealkylation sites (tertiary alicyclic amines) is 1. The largest absolute Gasteiger partial charge is 0.416 e. The molecule has 0 radical (unpaired) electrons. The van der Waals surface area contributed by atoms with Gasteiger partial charge in [0.15, 0.2) is 0 Å². The van der Waals surface area contributed by atoms with Crippen LogP contribution in [0.4, 0.5) is 13.2 Å². The van der Waals surface area contributed by atoms with Crippen LogP contribution in [0.25, 0.3) is 0 Å². The molecular weight excluding hydrogens is 265 g/mol. The zero-order chi connectivity index (χ0) is 14.6. The number of rotatable bonds is 4. The van der Waals surface area contributed by atoms with Gasteiger partial charge in [0, 0.05) is 12.6 Å². The number of hydrogen-bond acceptors (Lipinski definition) is 2. The Hall–Kier alpha value is -1.07. The molecule has 0 atom stereocenters. The predicted molar refractivity (Wildman–Crippen MR) is 73.4 cm³/mol. The van der Waals surface area contributed by atoms with Crippen LogP contribution in [0.5, 0.6) is 0 Å². The highest BCUT2D eigenvalue weighted by molar-refractivity contribution is 5.29. The average Bonchev–Trinajstić information content (AvgIpc) is 2.41. The van der Waals surface area contributed by atoms with Crippen molar-refractivity contribution < 1.29 is 13.2 Å². The van der Waals surface area contributed by atoms with Gasteiger partial charge in [-0.15, -0.1) is 0 Å². The molecule has 1 fully saturated rings. The van der Waals surface area contributed by atoms with E-state index in [1.807, 2.05) is 0 Å². The van der Waals surface area contributed by atoms with E-state index in [9.17, 15) is 13.2 Å². The van der Waals surface area contributed by atoms with Crippen LogP contribution in [0.1, 0.15) is 30.9 Å². The highest BCUT2D eigenvalue weighted by atomic mass is 19.4. The summed E-state index contributed by atoms with van der Waals surface area (Å²) in [6.07, 6.45) is -2.26. The van der Waals surface area contributed by atoms with Gasteiger partial charge in [-0.1, -0.05) is 25.1 Å². The van der Waals surface area contributed by atoms with Gasteiger partial charge in [0.2, 0.25) is 0 Å². The lowest BCUT2D eigenvalue weighted by Gasteiger charge is -2.32. The van der Waals surface area contributed by atoms with E-state index in [-0.39, 0.29) is 0 Å². The molecule has 0 saturated carbocycles. The van der Waals surface area contributed by atoms with Crippen molar-refractivity contribution in [2.24, 2.45) is 0 Å². The molecule has 0 amide bonds. The second-order valence-electron chi connectivity index (χ2n) is 5.26. The van der Waals surface area contributed by atoms with Crippen LogP contribution in [0.15, 0.2) is 24.3 Å². The third-order valence-corrected chi connectivity index (χ3v) is 3.80. The van der Waals surface area contributed by atoms with Gasteiger partial charge in [-0.25, -0.2) is 0 Å². The van der Waals surface area contributed by atoms with Crippen molar-refractivity contribution in [2.75, 3.05) is 19.6 Å². The topological polar surface area (TPSA) is 15.3 Å². The molecule has 1 aromatic rings. The summed E-state index contributed by atoms with van der Waals surface area (Å²) in [5, 5.41) is 3.40. The Labute approximate surface area is 118 Å². The minimum atomic E-state index is -4.27. The first-order chi connectivity index (χ1) is 9.50. The number of alkyl halides is 3. The number of halogens is 3. The van der Waals surface area contributed by atoms with E-state index in [4.69, 9.17) is 0 Å². The molecule has 0 spiro atoms. The number of nitrogens with zero attached hydrogens (tertiary/aromatic N) is 1. The van der Waals surface area contributed by atoms with Gasteiger partial charge >= 0.3 is 6.18 Å². The third kappa shape index (κ3) is 3.96. The number of piperidine rings is 1. The van der Waals surface area contributed by atoms with E-state index >= 15 is 0 Å². The molecule has 0 unspecified atom stereocenters. The zero-order valence-corrected chi connectivity index (χ0v) is 11.7. The minimum absolute atomic E-state index is 0.377. The SMILES string of the molecule is CCNC1CCN(Cc2ccccc2C(F)(F)F)CC1. The molecule has 1 N–H and O–H groups in total. The Morgan fingerprint density at radius 1 is 1.20 bits per heavy atom. The molecule has 0 aromatic heterocycles.